The van der Waals surface area contributed by atoms with E-state index >= 15 is 0 Å². The van der Waals surface area contributed by atoms with Gasteiger partial charge in [-0.1, -0.05) is 17.7 Å². The van der Waals surface area contributed by atoms with Gasteiger partial charge < -0.3 is 9.64 Å². The van der Waals surface area contributed by atoms with Crippen LogP contribution >= 0.6 is 11.6 Å². The summed E-state index contributed by atoms with van der Waals surface area (Å²) in [7, 11) is 1.86. The van der Waals surface area contributed by atoms with Crippen LogP contribution in [0.3, 0.4) is 0 Å². The molecule has 31 heavy (non-hydrogen) atoms. The first-order chi connectivity index (χ1) is 14.9. The van der Waals surface area contributed by atoms with E-state index < -0.39 is 0 Å². The predicted molar refractivity (Wildman–Crippen MR) is 123 cm³/mol. The topological polar surface area (TPSA) is 50.6 Å². The lowest BCUT2D eigenvalue weighted by Gasteiger charge is -2.37. The number of carbonyl (C=O) groups excluding carboxylic acids is 1. The van der Waals surface area contributed by atoms with Crippen LogP contribution in [0.5, 0.6) is 5.75 Å². The van der Waals surface area contributed by atoms with E-state index in [0.29, 0.717) is 11.5 Å². The first kappa shape index (κ1) is 22.2. The zero-order valence-electron chi connectivity index (χ0n) is 18.8. The van der Waals surface area contributed by atoms with Crippen LogP contribution < -0.4 is 4.74 Å². The first-order valence-electron chi connectivity index (χ1n) is 11.4. The molecule has 2 fully saturated rings. The minimum Gasteiger partial charge on any atom is -0.490 e. The number of nitrogens with zero attached hydrogens (tertiary/aromatic N) is 4. The molecule has 2 aliphatic rings. The molecule has 0 radical (unpaired) electrons. The van der Waals surface area contributed by atoms with Gasteiger partial charge in [0.25, 0.3) is 5.91 Å². The lowest BCUT2D eigenvalue weighted by Crippen LogP contribution is -2.41. The Morgan fingerprint density at radius 1 is 1.29 bits per heavy atom. The monoisotopic (exact) mass is 444 g/mol. The molecule has 0 unspecified atom stereocenters. The van der Waals surface area contributed by atoms with Crippen molar-refractivity contribution in [3.8, 4) is 5.75 Å². The SMILES string of the molecule is CC(C)n1cc(C(=O)N(C)CC2CC(Oc3ccc(CN4CCCC4)c(Cl)c3)C2)cn1. The summed E-state index contributed by atoms with van der Waals surface area (Å²) in [6, 6.07) is 6.32. The van der Waals surface area contributed by atoms with Crippen molar-refractivity contribution in [1.29, 1.82) is 0 Å². The van der Waals surface area contributed by atoms with Gasteiger partial charge in [0.2, 0.25) is 0 Å². The number of hydrogen-bond donors (Lipinski definition) is 0. The van der Waals surface area contributed by atoms with Gasteiger partial charge in [-0.25, -0.2) is 0 Å². The zero-order valence-corrected chi connectivity index (χ0v) is 19.5. The number of aromatic nitrogens is 2. The van der Waals surface area contributed by atoms with Crippen molar-refractivity contribution in [3.63, 3.8) is 0 Å². The van der Waals surface area contributed by atoms with Gasteiger partial charge in [-0.05, 0) is 76.2 Å². The second-order valence-corrected chi connectivity index (χ2v) is 9.71. The van der Waals surface area contributed by atoms with Gasteiger partial charge in [-0.3, -0.25) is 14.4 Å². The van der Waals surface area contributed by atoms with Crippen LogP contribution in [0.4, 0.5) is 0 Å². The summed E-state index contributed by atoms with van der Waals surface area (Å²) in [5, 5.41) is 5.05. The van der Waals surface area contributed by atoms with Crippen molar-refractivity contribution < 1.29 is 9.53 Å². The molecule has 0 N–H and O–H groups in total. The summed E-state index contributed by atoms with van der Waals surface area (Å²) in [4.78, 5) is 16.9. The highest BCUT2D eigenvalue weighted by atomic mass is 35.5. The molecule has 1 saturated carbocycles. The van der Waals surface area contributed by atoms with E-state index in [0.717, 1.165) is 49.8 Å². The van der Waals surface area contributed by atoms with E-state index in [1.807, 2.05) is 43.9 Å². The fourth-order valence-electron chi connectivity index (χ4n) is 4.44. The Morgan fingerprint density at radius 3 is 2.68 bits per heavy atom. The second kappa shape index (κ2) is 9.61. The molecule has 6 nitrogen and oxygen atoms in total. The molecule has 1 amide bonds. The van der Waals surface area contributed by atoms with Gasteiger partial charge in [-0.2, -0.15) is 5.10 Å². The Balaban J connectivity index is 1.22. The van der Waals surface area contributed by atoms with Crippen molar-refractivity contribution in [1.82, 2.24) is 19.6 Å². The van der Waals surface area contributed by atoms with Crippen LogP contribution in [0.2, 0.25) is 5.02 Å². The molecule has 1 aliphatic heterocycles. The highest BCUT2D eigenvalue weighted by Gasteiger charge is 2.33. The maximum Gasteiger partial charge on any atom is 0.256 e. The average Bonchev–Trinajstić information content (AvgIpc) is 3.39. The molecule has 168 valence electrons. The normalized spacial score (nSPS) is 21.3. The molecule has 4 rings (SSSR count). The minimum atomic E-state index is 0.0247. The maximum absolute atomic E-state index is 12.6. The van der Waals surface area contributed by atoms with E-state index in [2.05, 4.69) is 16.1 Å². The molecule has 7 heteroatoms. The second-order valence-electron chi connectivity index (χ2n) is 9.30. The quantitative estimate of drug-likeness (QED) is 0.595. The summed E-state index contributed by atoms with van der Waals surface area (Å²) in [6.07, 6.45) is 8.15. The summed E-state index contributed by atoms with van der Waals surface area (Å²) in [6.45, 7) is 8.08. The molecule has 0 atom stereocenters. The van der Waals surface area contributed by atoms with E-state index in [1.165, 1.54) is 18.4 Å². The minimum absolute atomic E-state index is 0.0247. The Labute approximate surface area is 190 Å². The summed E-state index contributed by atoms with van der Waals surface area (Å²) in [5.41, 5.74) is 1.82. The van der Waals surface area contributed by atoms with Gasteiger partial charge >= 0.3 is 0 Å². The van der Waals surface area contributed by atoms with Crippen molar-refractivity contribution >= 4 is 17.5 Å². The highest BCUT2D eigenvalue weighted by Crippen LogP contribution is 2.33. The van der Waals surface area contributed by atoms with Gasteiger partial charge in [0.05, 0.1) is 17.9 Å². The molecule has 1 aromatic carbocycles. The van der Waals surface area contributed by atoms with Crippen LogP contribution in [-0.4, -0.2) is 58.3 Å². The van der Waals surface area contributed by atoms with Gasteiger partial charge in [0.1, 0.15) is 5.75 Å². The van der Waals surface area contributed by atoms with E-state index in [1.54, 1.807) is 11.1 Å². The van der Waals surface area contributed by atoms with Crippen LogP contribution in [0.25, 0.3) is 0 Å². The molecule has 2 heterocycles. The summed E-state index contributed by atoms with van der Waals surface area (Å²) < 4.78 is 7.94. The predicted octanol–water partition coefficient (Wildman–Crippen LogP) is 4.64. The highest BCUT2D eigenvalue weighted by molar-refractivity contribution is 6.31. The fraction of sp³-hybridized carbons (Fsp3) is 0.583. The number of rotatable bonds is 8. The number of ether oxygens (including phenoxy) is 1. The Kier molecular flexibility index (Phi) is 6.87. The number of likely N-dealkylation sites (tertiary alicyclic amines) is 1. The first-order valence-corrected chi connectivity index (χ1v) is 11.7. The third-order valence-electron chi connectivity index (χ3n) is 6.37. The Hall–Kier alpha value is -2.05. The number of halogens is 1. The lowest BCUT2D eigenvalue weighted by atomic mass is 9.82. The van der Waals surface area contributed by atoms with Crippen molar-refractivity contribution in [2.45, 2.75) is 58.2 Å². The lowest BCUT2D eigenvalue weighted by molar-refractivity contribution is 0.0419. The molecule has 1 saturated heterocycles. The Bertz CT molecular complexity index is 901. The molecular weight excluding hydrogens is 412 g/mol. The zero-order chi connectivity index (χ0) is 22.0. The van der Waals surface area contributed by atoms with Crippen LogP contribution in [0.15, 0.2) is 30.6 Å². The third-order valence-corrected chi connectivity index (χ3v) is 6.72. The molecule has 1 aliphatic carbocycles. The van der Waals surface area contributed by atoms with Crippen molar-refractivity contribution in [3.05, 3.63) is 46.7 Å². The summed E-state index contributed by atoms with van der Waals surface area (Å²) in [5.74, 6) is 1.32. The standard InChI is InChI=1S/C24H33ClN4O2/c1-17(2)29-16-20(13-26-29)24(30)27(3)14-18-10-22(11-18)31-21-7-6-19(23(25)12-21)15-28-8-4-5-9-28/h6-7,12-13,16-18,22H,4-5,8-11,14-15H2,1-3H3. The van der Waals surface area contributed by atoms with Crippen LogP contribution in [0.1, 0.15) is 61.5 Å². The maximum atomic E-state index is 12.6. The number of benzene rings is 1. The number of hydrogen-bond acceptors (Lipinski definition) is 4. The van der Waals surface area contributed by atoms with Gasteiger partial charge in [-0.15, -0.1) is 0 Å². The van der Waals surface area contributed by atoms with E-state index in [-0.39, 0.29) is 18.1 Å². The van der Waals surface area contributed by atoms with E-state index in [4.69, 9.17) is 16.3 Å². The summed E-state index contributed by atoms with van der Waals surface area (Å²) >= 11 is 6.51. The fourth-order valence-corrected chi connectivity index (χ4v) is 4.68. The molecule has 0 bridgehead atoms. The molecule has 1 aromatic heterocycles. The van der Waals surface area contributed by atoms with Gasteiger partial charge in [0, 0.05) is 37.4 Å². The number of carbonyl (C=O) groups is 1. The molecule has 2 aromatic rings. The smallest absolute Gasteiger partial charge is 0.256 e. The number of amides is 1. The average molecular weight is 445 g/mol. The molecule has 0 spiro atoms. The largest absolute Gasteiger partial charge is 0.490 e. The van der Waals surface area contributed by atoms with E-state index in [9.17, 15) is 4.79 Å². The molecular formula is C24H33ClN4O2. The van der Waals surface area contributed by atoms with Crippen molar-refractivity contribution in [2.75, 3.05) is 26.7 Å². The Morgan fingerprint density at radius 2 is 2.03 bits per heavy atom. The third kappa shape index (κ3) is 5.42. The van der Waals surface area contributed by atoms with Crippen LogP contribution in [-0.2, 0) is 6.54 Å². The van der Waals surface area contributed by atoms with Gasteiger partial charge in [0.15, 0.2) is 0 Å². The van der Waals surface area contributed by atoms with Crippen molar-refractivity contribution in [2.24, 2.45) is 5.92 Å². The van der Waals surface area contributed by atoms with Crippen LogP contribution in [0, 0.1) is 5.92 Å².